The molecule has 0 N–H and O–H groups in total. The van der Waals surface area contributed by atoms with Gasteiger partial charge in [0.25, 0.3) is 0 Å². The van der Waals surface area contributed by atoms with Gasteiger partial charge in [0.1, 0.15) is 0 Å². The molecule has 0 radical (unpaired) electrons. The number of hydrogen-bond acceptors (Lipinski definition) is 2. The first kappa shape index (κ1) is 9.30. The summed E-state index contributed by atoms with van der Waals surface area (Å²) in [7, 11) is 0. The van der Waals surface area contributed by atoms with Crippen molar-refractivity contribution in [3.05, 3.63) is 0 Å². The Morgan fingerprint density at radius 1 is 1.18 bits per heavy atom. The zero-order valence-electron chi connectivity index (χ0n) is 7.05. The zero-order valence-corrected chi connectivity index (χ0v) is 7.80. The molecule has 0 bridgehead atoms. The highest BCUT2D eigenvalue weighted by molar-refractivity contribution is 6.18. The molecular weight excluding hydrogens is 164 g/mol. The van der Waals surface area contributed by atoms with Crippen LogP contribution >= 0.6 is 11.6 Å². The number of hydrogen-bond donors (Lipinski definition) is 0. The minimum absolute atomic E-state index is 0.191. The van der Waals surface area contributed by atoms with Gasteiger partial charge in [-0.25, -0.2) is 0 Å². The lowest BCUT2D eigenvalue weighted by molar-refractivity contribution is -0.114. The average molecular weight is 179 g/mol. The summed E-state index contributed by atoms with van der Waals surface area (Å²) in [6.07, 6.45) is -0.191. The first-order valence-corrected chi connectivity index (χ1v) is 4.56. The van der Waals surface area contributed by atoms with Gasteiger partial charge in [-0.2, -0.15) is 0 Å². The Morgan fingerprint density at radius 2 is 1.64 bits per heavy atom. The summed E-state index contributed by atoms with van der Waals surface area (Å²) < 4.78 is 10.8. The molecule has 0 saturated carbocycles. The van der Waals surface area contributed by atoms with Gasteiger partial charge in [-0.15, -0.1) is 11.6 Å². The van der Waals surface area contributed by atoms with Gasteiger partial charge in [-0.3, -0.25) is 0 Å². The molecule has 0 aromatic heterocycles. The standard InChI is InChI=1S/C8H15ClO2/c1-6-4-10-8(3-9)11-5-7(6)2/h6-8H,3-5H2,1-2H3. The quantitative estimate of drug-likeness (QED) is 0.571. The molecule has 3 heteroatoms. The number of halogens is 1. The highest BCUT2D eigenvalue weighted by atomic mass is 35.5. The van der Waals surface area contributed by atoms with Crippen molar-refractivity contribution < 1.29 is 9.47 Å². The first-order chi connectivity index (χ1) is 5.24. The van der Waals surface area contributed by atoms with E-state index in [0.717, 1.165) is 13.2 Å². The Bertz CT molecular complexity index is 107. The minimum Gasteiger partial charge on any atom is -0.351 e. The fourth-order valence-electron chi connectivity index (χ4n) is 0.984. The van der Waals surface area contributed by atoms with E-state index in [-0.39, 0.29) is 6.29 Å². The highest BCUT2D eigenvalue weighted by Crippen LogP contribution is 2.18. The molecule has 0 aromatic carbocycles. The molecule has 2 nitrogen and oxygen atoms in total. The van der Waals surface area contributed by atoms with Crippen molar-refractivity contribution in [1.29, 1.82) is 0 Å². The topological polar surface area (TPSA) is 18.5 Å². The number of alkyl halides is 1. The van der Waals surface area contributed by atoms with E-state index >= 15 is 0 Å². The maximum Gasteiger partial charge on any atom is 0.170 e. The lowest BCUT2D eigenvalue weighted by atomic mass is 9.98. The van der Waals surface area contributed by atoms with Gasteiger partial charge in [-0.1, -0.05) is 13.8 Å². The predicted octanol–water partition coefficient (Wildman–Crippen LogP) is 1.87. The second-order valence-electron chi connectivity index (χ2n) is 3.21. The van der Waals surface area contributed by atoms with E-state index in [1.165, 1.54) is 0 Å². The Balaban J connectivity index is 2.38. The van der Waals surface area contributed by atoms with Gasteiger partial charge in [0.15, 0.2) is 6.29 Å². The molecule has 1 fully saturated rings. The van der Waals surface area contributed by atoms with Gasteiger partial charge >= 0.3 is 0 Å². The summed E-state index contributed by atoms with van der Waals surface area (Å²) in [5.41, 5.74) is 0. The Hall–Kier alpha value is 0.210. The maximum atomic E-state index is 5.60. The predicted molar refractivity (Wildman–Crippen MR) is 44.7 cm³/mol. The molecule has 11 heavy (non-hydrogen) atoms. The summed E-state index contributed by atoms with van der Waals surface area (Å²) in [6.45, 7) is 5.87. The zero-order chi connectivity index (χ0) is 8.27. The van der Waals surface area contributed by atoms with Crippen LogP contribution in [-0.2, 0) is 9.47 Å². The molecule has 0 aromatic rings. The molecule has 1 aliphatic rings. The third-order valence-corrected chi connectivity index (χ3v) is 2.44. The van der Waals surface area contributed by atoms with Crippen LogP contribution < -0.4 is 0 Å². The fraction of sp³-hybridized carbons (Fsp3) is 1.00. The molecule has 2 unspecified atom stereocenters. The molecular formula is C8H15ClO2. The molecule has 2 atom stereocenters. The van der Waals surface area contributed by atoms with Crippen LogP contribution in [0.1, 0.15) is 13.8 Å². The highest BCUT2D eigenvalue weighted by Gasteiger charge is 2.21. The number of rotatable bonds is 1. The second-order valence-corrected chi connectivity index (χ2v) is 3.51. The van der Waals surface area contributed by atoms with E-state index in [0.29, 0.717) is 17.7 Å². The van der Waals surface area contributed by atoms with Crippen LogP contribution in [0.25, 0.3) is 0 Å². The Kier molecular flexibility index (Phi) is 3.63. The minimum atomic E-state index is -0.191. The van der Waals surface area contributed by atoms with Crippen molar-refractivity contribution in [2.75, 3.05) is 19.1 Å². The van der Waals surface area contributed by atoms with Crippen molar-refractivity contribution in [2.24, 2.45) is 11.8 Å². The molecule has 1 rings (SSSR count). The first-order valence-electron chi connectivity index (χ1n) is 4.03. The average Bonchev–Trinajstić information content (AvgIpc) is 2.16. The largest absolute Gasteiger partial charge is 0.351 e. The van der Waals surface area contributed by atoms with E-state index in [9.17, 15) is 0 Å². The molecule has 0 aliphatic carbocycles. The van der Waals surface area contributed by atoms with Gasteiger partial charge in [0, 0.05) is 0 Å². The van der Waals surface area contributed by atoms with Crippen LogP contribution in [0.4, 0.5) is 0 Å². The lowest BCUT2D eigenvalue weighted by Crippen LogP contribution is -2.17. The van der Waals surface area contributed by atoms with Crippen molar-refractivity contribution in [3.8, 4) is 0 Å². The second kappa shape index (κ2) is 4.29. The molecule has 1 saturated heterocycles. The van der Waals surface area contributed by atoms with Crippen molar-refractivity contribution in [2.45, 2.75) is 20.1 Å². The maximum absolute atomic E-state index is 5.60. The monoisotopic (exact) mass is 178 g/mol. The third kappa shape index (κ3) is 2.62. The summed E-state index contributed by atoms with van der Waals surface area (Å²) >= 11 is 5.60. The fourth-order valence-corrected chi connectivity index (χ4v) is 1.16. The van der Waals surface area contributed by atoms with E-state index < -0.39 is 0 Å². The van der Waals surface area contributed by atoms with Crippen LogP contribution in [0.5, 0.6) is 0 Å². The SMILES string of the molecule is CC1COC(CCl)OCC1C. The van der Waals surface area contributed by atoms with Crippen molar-refractivity contribution >= 4 is 11.6 Å². The van der Waals surface area contributed by atoms with Crippen LogP contribution in [-0.4, -0.2) is 25.4 Å². The van der Waals surface area contributed by atoms with Crippen LogP contribution in [0.3, 0.4) is 0 Å². The Morgan fingerprint density at radius 3 is 2.00 bits per heavy atom. The van der Waals surface area contributed by atoms with E-state index in [1.54, 1.807) is 0 Å². The summed E-state index contributed by atoms with van der Waals surface area (Å²) in [5, 5.41) is 0. The summed E-state index contributed by atoms with van der Waals surface area (Å²) in [6, 6.07) is 0. The molecule has 1 aliphatic heterocycles. The lowest BCUT2D eigenvalue weighted by Gasteiger charge is -2.12. The van der Waals surface area contributed by atoms with Gasteiger partial charge < -0.3 is 9.47 Å². The molecule has 0 spiro atoms. The van der Waals surface area contributed by atoms with E-state index in [4.69, 9.17) is 21.1 Å². The smallest absolute Gasteiger partial charge is 0.170 e. The molecule has 0 amide bonds. The van der Waals surface area contributed by atoms with E-state index in [1.807, 2.05) is 0 Å². The summed E-state index contributed by atoms with van der Waals surface area (Å²) in [4.78, 5) is 0. The number of ether oxygens (including phenoxy) is 2. The van der Waals surface area contributed by atoms with Crippen LogP contribution in [0.15, 0.2) is 0 Å². The molecule has 66 valence electrons. The van der Waals surface area contributed by atoms with Crippen molar-refractivity contribution in [3.63, 3.8) is 0 Å². The Labute approximate surface area is 72.8 Å². The normalized spacial score (nSPS) is 40.1. The van der Waals surface area contributed by atoms with Crippen LogP contribution in [0, 0.1) is 11.8 Å². The van der Waals surface area contributed by atoms with Gasteiger partial charge in [0.2, 0.25) is 0 Å². The van der Waals surface area contributed by atoms with Gasteiger partial charge in [0.05, 0.1) is 19.1 Å². The van der Waals surface area contributed by atoms with Crippen molar-refractivity contribution in [1.82, 2.24) is 0 Å². The third-order valence-electron chi connectivity index (χ3n) is 2.19. The van der Waals surface area contributed by atoms with Crippen LogP contribution in [0.2, 0.25) is 0 Å². The van der Waals surface area contributed by atoms with E-state index in [2.05, 4.69) is 13.8 Å². The summed E-state index contributed by atoms with van der Waals surface area (Å²) in [5.74, 6) is 1.57. The van der Waals surface area contributed by atoms with Gasteiger partial charge in [-0.05, 0) is 11.8 Å². The molecule has 1 heterocycles.